The zero-order valence-electron chi connectivity index (χ0n) is 6.47. The monoisotopic (exact) mass is 177 g/mol. The third kappa shape index (κ3) is 7.36. The first-order chi connectivity index (χ1) is 5.31. The van der Waals surface area contributed by atoms with Gasteiger partial charge in [0.25, 0.3) is 0 Å². The second kappa shape index (κ2) is 7.57. The molecule has 0 aromatic rings. The van der Waals surface area contributed by atoms with Crippen LogP contribution in [0.15, 0.2) is 12.2 Å². The maximum Gasteiger partial charge on any atom is 0.319 e. The second-order valence-electron chi connectivity index (χ2n) is 1.83. The fraction of sp³-hybridized carbons (Fsp3) is 0.571. The Labute approximate surface area is 71.4 Å². The summed E-state index contributed by atoms with van der Waals surface area (Å²) in [6, 6.07) is 0. The van der Waals surface area contributed by atoms with Crippen LogP contribution in [0.3, 0.4) is 0 Å². The van der Waals surface area contributed by atoms with Gasteiger partial charge in [-0.15, -0.1) is 11.6 Å². The summed E-state index contributed by atoms with van der Waals surface area (Å²) in [6.07, 6.45) is 3.67. The molecule has 0 aliphatic carbocycles. The topological polar surface area (TPSA) is 38.3 Å². The first-order valence-corrected chi connectivity index (χ1v) is 3.83. The summed E-state index contributed by atoms with van der Waals surface area (Å²) in [6.45, 7) is 0.880. The highest BCUT2D eigenvalue weighted by Crippen LogP contribution is 1.76. The molecule has 0 aromatic carbocycles. The van der Waals surface area contributed by atoms with E-state index < -0.39 is 0 Å². The van der Waals surface area contributed by atoms with E-state index in [9.17, 15) is 4.79 Å². The van der Waals surface area contributed by atoms with Crippen molar-refractivity contribution in [2.45, 2.75) is 0 Å². The Hall–Kier alpha value is -0.540. The number of ether oxygens (including phenoxy) is 1. The van der Waals surface area contributed by atoms with Crippen LogP contribution in [-0.4, -0.2) is 32.0 Å². The van der Waals surface area contributed by atoms with Crippen LogP contribution in [0.25, 0.3) is 0 Å². The first-order valence-electron chi connectivity index (χ1n) is 3.29. The van der Waals surface area contributed by atoms with Crippen LogP contribution in [0.4, 0.5) is 0 Å². The molecule has 0 unspecified atom stereocenters. The van der Waals surface area contributed by atoms with E-state index in [1.165, 1.54) is 7.11 Å². The molecule has 1 N–H and O–H groups in total. The largest absolute Gasteiger partial charge is 0.468 e. The van der Waals surface area contributed by atoms with E-state index in [0.717, 1.165) is 0 Å². The van der Waals surface area contributed by atoms with Gasteiger partial charge in [0.2, 0.25) is 0 Å². The van der Waals surface area contributed by atoms with E-state index in [1.807, 2.05) is 12.2 Å². The lowest BCUT2D eigenvalue weighted by atomic mass is 10.5. The van der Waals surface area contributed by atoms with Gasteiger partial charge in [-0.3, -0.25) is 4.79 Å². The van der Waals surface area contributed by atoms with Gasteiger partial charge in [-0.1, -0.05) is 12.2 Å². The number of methoxy groups -OCH3 is 1. The van der Waals surface area contributed by atoms with E-state index in [2.05, 4.69) is 10.1 Å². The van der Waals surface area contributed by atoms with Crippen LogP contribution in [-0.2, 0) is 9.53 Å². The first kappa shape index (κ1) is 10.5. The van der Waals surface area contributed by atoms with Crippen molar-refractivity contribution < 1.29 is 9.53 Å². The van der Waals surface area contributed by atoms with Gasteiger partial charge in [0.1, 0.15) is 0 Å². The standard InChI is InChI=1S/C7H12ClNO2/c1-11-7(10)6-9-5-3-2-4-8/h2-3,9H,4-6H2,1H3/b3-2+. The van der Waals surface area contributed by atoms with Crippen LogP contribution in [0.5, 0.6) is 0 Å². The third-order valence-electron chi connectivity index (χ3n) is 1.01. The molecule has 0 rings (SSSR count). The van der Waals surface area contributed by atoms with Crippen LogP contribution in [0, 0.1) is 0 Å². The van der Waals surface area contributed by atoms with Gasteiger partial charge in [-0.2, -0.15) is 0 Å². The van der Waals surface area contributed by atoms with Gasteiger partial charge in [-0.25, -0.2) is 0 Å². The highest BCUT2D eigenvalue weighted by atomic mass is 35.5. The number of esters is 1. The van der Waals surface area contributed by atoms with Gasteiger partial charge >= 0.3 is 5.97 Å². The SMILES string of the molecule is COC(=O)CNC/C=C/CCl. The number of halogens is 1. The fourth-order valence-corrected chi connectivity index (χ4v) is 0.602. The lowest BCUT2D eigenvalue weighted by Gasteiger charge is -1.97. The minimum atomic E-state index is -0.260. The molecule has 64 valence electrons. The summed E-state index contributed by atoms with van der Waals surface area (Å²) < 4.78 is 4.41. The van der Waals surface area contributed by atoms with E-state index in [4.69, 9.17) is 11.6 Å². The Morgan fingerprint density at radius 3 is 2.91 bits per heavy atom. The van der Waals surface area contributed by atoms with Crippen molar-refractivity contribution in [2.24, 2.45) is 0 Å². The van der Waals surface area contributed by atoms with Crippen molar-refractivity contribution in [3.63, 3.8) is 0 Å². The zero-order chi connectivity index (χ0) is 8.53. The van der Waals surface area contributed by atoms with Crippen molar-refractivity contribution in [3.8, 4) is 0 Å². The molecule has 0 aromatic heterocycles. The molecule has 0 aliphatic heterocycles. The van der Waals surface area contributed by atoms with Gasteiger partial charge < -0.3 is 10.1 Å². The molecule has 0 bridgehead atoms. The summed E-state index contributed by atoms with van der Waals surface area (Å²) in [5.74, 6) is 0.240. The molecule has 0 aliphatic rings. The molecule has 11 heavy (non-hydrogen) atoms. The molecule has 0 radical (unpaired) electrons. The Balaban J connectivity index is 3.14. The minimum absolute atomic E-state index is 0.239. The summed E-state index contributed by atoms with van der Waals surface area (Å²) in [5, 5.41) is 2.85. The third-order valence-corrected chi connectivity index (χ3v) is 1.19. The number of rotatable bonds is 5. The Morgan fingerprint density at radius 1 is 1.64 bits per heavy atom. The molecular formula is C7H12ClNO2. The number of nitrogens with one attached hydrogen (secondary N) is 1. The molecule has 3 nitrogen and oxygen atoms in total. The number of carbonyl (C=O) groups excluding carboxylic acids is 1. The highest BCUT2D eigenvalue weighted by Gasteiger charge is 1.94. The average Bonchev–Trinajstić information content (AvgIpc) is 2.04. The van der Waals surface area contributed by atoms with E-state index in [-0.39, 0.29) is 12.5 Å². The average molecular weight is 178 g/mol. The van der Waals surface area contributed by atoms with Crippen LogP contribution in [0.2, 0.25) is 0 Å². The molecular weight excluding hydrogens is 166 g/mol. The maximum atomic E-state index is 10.5. The molecule has 0 amide bonds. The van der Waals surface area contributed by atoms with E-state index >= 15 is 0 Å². The lowest BCUT2D eigenvalue weighted by molar-refractivity contribution is -0.139. The summed E-state index contributed by atoms with van der Waals surface area (Å²) in [7, 11) is 1.36. The molecule has 0 atom stereocenters. The van der Waals surface area contributed by atoms with Gasteiger partial charge in [0.05, 0.1) is 13.7 Å². The highest BCUT2D eigenvalue weighted by molar-refractivity contribution is 6.18. The Morgan fingerprint density at radius 2 is 2.36 bits per heavy atom. The van der Waals surface area contributed by atoms with Gasteiger partial charge in [-0.05, 0) is 0 Å². The van der Waals surface area contributed by atoms with Gasteiger partial charge in [0.15, 0.2) is 0 Å². The van der Waals surface area contributed by atoms with Crippen LogP contribution < -0.4 is 5.32 Å². The quantitative estimate of drug-likeness (QED) is 0.288. The van der Waals surface area contributed by atoms with Crippen LogP contribution >= 0.6 is 11.6 Å². The number of allylic oxidation sites excluding steroid dienone is 1. The van der Waals surface area contributed by atoms with E-state index in [1.54, 1.807) is 0 Å². The summed E-state index contributed by atoms with van der Waals surface area (Å²) in [5.41, 5.74) is 0. The molecule has 0 saturated carbocycles. The zero-order valence-corrected chi connectivity index (χ0v) is 7.23. The molecule has 0 fully saturated rings. The van der Waals surface area contributed by atoms with Crippen molar-refractivity contribution in [1.29, 1.82) is 0 Å². The number of hydrogen-bond donors (Lipinski definition) is 1. The van der Waals surface area contributed by atoms with E-state index in [0.29, 0.717) is 12.4 Å². The minimum Gasteiger partial charge on any atom is -0.468 e. The van der Waals surface area contributed by atoms with Crippen molar-refractivity contribution >= 4 is 17.6 Å². The molecule has 0 spiro atoms. The summed E-state index contributed by atoms with van der Waals surface area (Å²) >= 11 is 5.36. The van der Waals surface area contributed by atoms with Crippen molar-refractivity contribution in [2.75, 3.05) is 26.1 Å². The molecule has 0 saturated heterocycles. The van der Waals surface area contributed by atoms with Crippen molar-refractivity contribution in [1.82, 2.24) is 5.32 Å². The predicted octanol–water partition coefficient (Wildman–Crippen LogP) is 0.544. The number of alkyl halides is 1. The maximum absolute atomic E-state index is 10.5. The van der Waals surface area contributed by atoms with Gasteiger partial charge in [0, 0.05) is 12.4 Å². The lowest BCUT2D eigenvalue weighted by Crippen LogP contribution is -2.23. The van der Waals surface area contributed by atoms with Crippen molar-refractivity contribution in [3.05, 3.63) is 12.2 Å². The second-order valence-corrected chi connectivity index (χ2v) is 2.14. The normalized spacial score (nSPS) is 10.4. The number of hydrogen-bond acceptors (Lipinski definition) is 3. The van der Waals surface area contributed by atoms with Crippen LogP contribution in [0.1, 0.15) is 0 Å². The fourth-order valence-electron chi connectivity index (χ4n) is 0.476. The predicted molar refractivity (Wildman–Crippen MR) is 44.7 cm³/mol. The number of carbonyl (C=O) groups is 1. The Bertz CT molecular complexity index is 136. The smallest absolute Gasteiger partial charge is 0.319 e. The Kier molecular flexibility index (Phi) is 7.19. The molecule has 4 heteroatoms. The summed E-state index contributed by atoms with van der Waals surface area (Å²) in [4.78, 5) is 10.5. The molecule has 0 heterocycles.